The van der Waals surface area contributed by atoms with Gasteiger partial charge in [0.05, 0.1) is 25.1 Å². The molecule has 1 fully saturated rings. The molecule has 1 aliphatic rings. The van der Waals surface area contributed by atoms with Crippen LogP contribution in [0.5, 0.6) is 0 Å². The molecule has 2 aromatic heterocycles. The summed E-state index contributed by atoms with van der Waals surface area (Å²) in [4.78, 5) is 6.61. The van der Waals surface area contributed by atoms with Gasteiger partial charge in [-0.2, -0.15) is 9.61 Å². The molecule has 3 rings (SSSR count). The zero-order valence-electron chi connectivity index (χ0n) is 9.26. The van der Waals surface area contributed by atoms with Crippen molar-refractivity contribution in [1.82, 2.24) is 14.6 Å². The summed E-state index contributed by atoms with van der Waals surface area (Å²) in [6.45, 7) is 5.35. The van der Waals surface area contributed by atoms with Crippen molar-refractivity contribution < 1.29 is 4.74 Å². The first-order valence-corrected chi connectivity index (χ1v) is 5.49. The molecule has 2 aromatic rings. The van der Waals surface area contributed by atoms with Gasteiger partial charge in [-0.15, -0.1) is 0 Å². The van der Waals surface area contributed by atoms with Gasteiger partial charge in [-0.25, -0.2) is 4.98 Å². The van der Waals surface area contributed by atoms with Gasteiger partial charge in [-0.05, 0) is 19.1 Å². The normalized spacial score (nSPS) is 16.9. The molecule has 0 atom stereocenters. The van der Waals surface area contributed by atoms with Crippen molar-refractivity contribution in [2.24, 2.45) is 0 Å². The fourth-order valence-electron chi connectivity index (χ4n) is 1.96. The van der Waals surface area contributed by atoms with Crippen molar-refractivity contribution in [3.63, 3.8) is 0 Å². The van der Waals surface area contributed by atoms with Crippen LogP contribution < -0.4 is 4.90 Å². The minimum Gasteiger partial charge on any atom is -0.378 e. The summed E-state index contributed by atoms with van der Waals surface area (Å²) in [7, 11) is 0. The van der Waals surface area contributed by atoms with Crippen LogP contribution in [0, 0.1) is 6.92 Å². The number of aryl methyl sites for hydroxylation is 1. The lowest BCUT2D eigenvalue weighted by molar-refractivity contribution is 0.122. The summed E-state index contributed by atoms with van der Waals surface area (Å²) in [6, 6.07) is 3.97. The van der Waals surface area contributed by atoms with Gasteiger partial charge in [0.2, 0.25) is 0 Å². The van der Waals surface area contributed by atoms with Gasteiger partial charge in [0.25, 0.3) is 0 Å². The van der Waals surface area contributed by atoms with Crippen LogP contribution in [0.15, 0.2) is 18.3 Å². The van der Waals surface area contributed by atoms with Crippen molar-refractivity contribution in [1.29, 1.82) is 0 Å². The highest BCUT2D eigenvalue weighted by atomic mass is 16.5. The molecule has 0 radical (unpaired) electrons. The minimum atomic E-state index is 0.777. The molecule has 0 bridgehead atoms. The van der Waals surface area contributed by atoms with E-state index in [9.17, 15) is 0 Å². The van der Waals surface area contributed by atoms with E-state index >= 15 is 0 Å². The van der Waals surface area contributed by atoms with Gasteiger partial charge in [0.15, 0.2) is 11.5 Å². The summed E-state index contributed by atoms with van der Waals surface area (Å²) in [6.07, 6.45) is 1.88. The van der Waals surface area contributed by atoms with Gasteiger partial charge in [0, 0.05) is 13.1 Å². The number of ether oxygens (including phenoxy) is 1. The molecule has 3 heterocycles. The Morgan fingerprint density at radius 1 is 1.25 bits per heavy atom. The Bertz CT molecular complexity index is 502. The first-order chi connectivity index (χ1) is 7.84. The molecule has 5 nitrogen and oxygen atoms in total. The van der Waals surface area contributed by atoms with Crippen LogP contribution in [0.2, 0.25) is 0 Å². The van der Waals surface area contributed by atoms with E-state index in [2.05, 4.69) is 15.0 Å². The summed E-state index contributed by atoms with van der Waals surface area (Å²) >= 11 is 0. The van der Waals surface area contributed by atoms with Crippen molar-refractivity contribution in [2.45, 2.75) is 6.92 Å². The van der Waals surface area contributed by atoms with E-state index in [1.54, 1.807) is 0 Å². The highest BCUT2D eigenvalue weighted by molar-refractivity contribution is 5.50. The third-order valence-electron chi connectivity index (χ3n) is 2.81. The number of rotatable bonds is 1. The van der Waals surface area contributed by atoms with Crippen LogP contribution in [-0.4, -0.2) is 40.9 Å². The summed E-state index contributed by atoms with van der Waals surface area (Å²) in [5, 5.41) is 4.48. The third kappa shape index (κ3) is 1.53. The van der Waals surface area contributed by atoms with Gasteiger partial charge in [-0.1, -0.05) is 0 Å². The molecule has 5 heteroatoms. The summed E-state index contributed by atoms with van der Waals surface area (Å²) < 4.78 is 7.25. The zero-order chi connectivity index (χ0) is 11.0. The van der Waals surface area contributed by atoms with Gasteiger partial charge >= 0.3 is 0 Å². The quantitative estimate of drug-likeness (QED) is 0.712. The summed E-state index contributed by atoms with van der Waals surface area (Å²) in [5.41, 5.74) is 1.90. The van der Waals surface area contributed by atoms with E-state index in [0.717, 1.165) is 43.5 Å². The molecule has 1 aliphatic heterocycles. The van der Waals surface area contributed by atoms with Gasteiger partial charge in [0.1, 0.15) is 0 Å². The predicted molar refractivity (Wildman–Crippen MR) is 60.8 cm³/mol. The molecular weight excluding hydrogens is 204 g/mol. The number of hydrogen-bond acceptors (Lipinski definition) is 4. The standard InChI is InChI=1S/C11H14N4O/c1-9-2-3-10-12-8-11(15(10)13-9)14-4-6-16-7-5-14/h2-3,8H,4-7H2,1H3. The average Bonchev–Trinajstić information content (AvgIpc) is 2.73. The van der Waals surface area contributed by atoms with Gasteiger partial charge in [-0.3, -0.25) is 0 Å². The molecule has 0 aliphatic carbocycles. The zero-order valence-corrected chi connectivity index (χ0v) is 9.26. The van der Waals surface area contributed by atoms with E-state index < -0.39 is 0 Å². The van der Waals surface area contributed by atoms with E-state index in [-0.39, 0.29) is 0 Å². The Kier molecular flexibility index (Phi) is 2.25. The van der Waals surface area contributed by atoms with Crippen LogP contribution in [-0.2, 0) is 4.74 Å². The Morgan fingerprint density at radius 3 is 2.88 bits per heavy atom. The third-order valence-corrected chi connectivity index (χ3v) is 2.81. The number of hydrogen-bond donors (Lipinski definition) is 0. The molecule has 1 saturated heterocycles. The van der Waals surface area contributed by atoms with Crippen molar-refractivity contribution in [3.05, 3.63) is 24.0 Å². The number of imidazole rings is 1. The van der Waals surface area contributed by atoms with Gasteiger partial charge < -0.3 is 9.64 Å². The van der Waals surface area contributed by atoms with Crippen molar-refractivity contribution >= 4 is 11.5 Å². The Hall–Kier alpha value is -1.62. The second kappa shape index (κ2) is 3.75. The number of aromatic nitrogens is 3. The van der Waals surface area contributed by atoms with E-state index in [0.29, 0.717) is 0 Å². The maximum atomic E-state index is 5.34. The van der Waals surface area contributed by atoms with Crippen molar-refractivity contribution in [2.75, 3.05) is 31.2 Å². The Morgan fingerprint density at radius 2 is 2.06 bits per heavy atom. The maximum absolute atomic E-state index is 5.34. The van der Waals surface area contributed by atoms with Crippen molar-refractivity contribution in [3.8, 4) is 0 Å². The second-order valence-electron chi connectivity index (χ2n) is 3.96. The lowest BCUT2D eigenvalue weighted by Gasteiger charge is -2.27. The van der Waals surface area contributed by atoms with Crippen LogP contribution >= 0.6 is 0 Å². The minimum absolute atomic E-state index is 0.777. The first-order valence-electron chi connectivity index (χ1n) is 5.49. The number of fused-ring (bicyclic) bond motifs is 1. The Labute approximate surface area is 93.6 Å². The SMILES string of the molecule is Cc1ccc2ncc(N3CCOCC3)n2n1. The molecule has 0 saturated carbocycles. The molecule has 16 heavy (non-hydrogen) atoms. The fourth-order valence-corrected chi connectivity index (χ4v) is 1.96. The Balaban J connectivity index is 2.05. The predicted octanol–water partition coefficient (Wildman–Crippen LogP) is 0.874. The van der Waals surface area contributed by atoms with E-state index in [1.165, 1.54) is 0 Å². The van der Waals surface area contributed by atoms with Crippen LogP contribution in [0.3, 0.4) is 0 Å². The molecule has 0 N–H and O–H groups in total. The number of morpholine rings is 1. The van der Waals surface area contributed by atoms with E-state index in [1.807, 2.05) is 29.8 Å². The summed E-state index contributed by atoms with van der Waals surface area (Å²) in [5.74, 6) is 1.06. The molecule has 0 aromatic carbocycles. The molecule has 0 spiro atoms. The smallest absolute Gasteiger partial charge is 0.155 e. The molecular formula is C11H14N4O. The first kappa shape index (κ1) is 9.59. The fraction of sp³-hybridized carbons (Fsp3) is 0.455. The van der Waals surface area contributed by atoms with Crippen LogP contribution in [0.4, 0.5) is 5.82 Å². The lowest BCUT2D eigenvalue weighted by Crippen LogP contribution is -2.37. The molecule has 0 amide bonds. The molecule has 84 valence electrons. The largest absolute Gasteiger partial charge is 0.378 e. The lowest BCUT2D eigenvalue weighted by atomic mass is 10.4. The monoisotopic (exact) mass is 218 g/mol. The van der Waals surface area contributed by atoms with E-state index in [4.69, 9.17) is 4.74 Å². The number of anilines is 1. The van der Waals surface area contributed by atoms with Crippen LogP contribution in [0.1, 0.15) is 5.69 Å². The molecule has 0 unspecified atom stereocenters. The highest BCUT2D eigenvalue weighted by Gasteiger charge is 2.15. The maximum Gasteiger partial charge on any atom is 0.155 e. The second-order valence-corrected chi connectivity index (χ2v) is 3.96. The highest BCUT2D eigenvalue weighted by Crippen LogP contribution is 2.16. The van der Waals surface area contributed by atoms with Crippen LogP contribution in [0.25, 0.3) is 5.65 Å². The average molecular weight is 218 g/mol. The topological polar surface area (TPSA) is 42.7 Å². The number of nitrogens with zero attached hydrogens (tertiary/aromatic N) is 4.